The van der Waals surface area contributed by atoms with Gasteiger partial charge in [0.2, 0.25) is 0 Å². The van der Waals surface area contributed by atoms with Crippen molar-refractivity contribution < 1.29 is 5.11 Å². The minimum absolute atomic E-state index is 0.385. The Hall–Kier alpha value is -1.06. The second kappa shape index (κ2) is 4.64. The van der Waals surface area contributed by atoms with Crippen molar-refractivity contribution in [2.75, 3.05) is 25.4 Å². The smallest absolute Gasteiger partial charge is 0.0916 e. The number of nitrogen functional groups attached to an aromatic ring is 1. The molecule has 3 N–H and O–H groups in total. The van der Waals surface area contributed by atoms with Crippen LogP contribution in [0.15, 0.2) is 24.3 Å². The van der Waals surface area contributed by atoms with Gasteiger partial charge in [0.1, 0.15) is 0 Å². The molecule has 1 atom stereocenters. The van der Waals surface area contributed by atoms with Crippen LogP contribution in [0.3, 0.4) is 0 Å². The summed E-state index contributed by atoms with van der Waals surface area (Å²) in [6.07, 6.45) is 2.13. The number of benzene rings is 1. The van der Waals surface area contributed by atoms with Crippen LogP contribution < -0.4 is 5.73 Å². The highest BCUT2D eigenvalue weighted by atomic mass is 16.3. The third-order valence-corrected chi connectivity index (χ3v) is 2.95. The highest BCUT2D eigenvalue weighted by Gasteiger charge is 2.16. The van der Waals surface area contributed by atoms with Crippen molar-refractivity contribution in [3.8, 4) is 0 Å². The van der Waals surface area contributed by atoms with E-state index < -0.39 is 0 Å². The lowest BCUT2D eigenvalue weighted by atomic mass is 10.1. The maximum Gasteiger partial charge on any atom is 0.0916 e. The Balaban J connectivity index is 1.94. The maximum atomic E-state index is 9.99. The molecule has 0 saturated carbocycles. The Labute approximate surface area is 90.5 Å². The molecule has 1 saturated heterocycles. The minimum Gasteiger partial charge on any atom is -0.399 e. The second-order valence-corrected chi connectivity index (χ2v) is 4.19. The summed E-state index contributed by atoms with van der Waals surface area (Å²) in [4.78, 5) is 2.31. The SMILES string of the molecule is Nc1ccc([C@@H](O)CN2CCCC2)cc1. The zero-order valence-corrected chi connectivity index (χ0v) is 8.89. The Morgan fingerprint density at radius 1 is 1.20 bits per heavy atom. The normalized spacial score (nSPS) is 19.3. The summed E-state index contributed by atoms with van der Waals surface area (Å²) in [5, 5.41) is 9.99. The van der Waals surface area contributed by atoms with Gasteiger partial charge in [-0.2, -0.15) is 0 Å². The first-order chi connectivity index (χ1) is 7.25. The molecule has 1 aromatic carbocycles. The zero-order valence-electron chi connectivity index (χ0n) is 8.89. The van der Waals surface area contributed by atoms with Gasteiger partial charge in [0.05, 0.1) is 6.10 Å². The molecule has 3 heteroatoms. The van der Waals surface area contributed by atoms with Gasteiger partial charge in [-0.3, -0.25) is 0 Å². The molecule has 0 spiro atoms. The summed E-state index contributed by atoms with van der Waals surface area (Å²) in [6, 6.07) is 7.47. The van der Waals surface area contributed by atoms with Crippen molar-refractivity contribution in [2.45, 2.75) is 18.9 Å². The van der Waals surface area contributed by atoms with Crippen LogP contribution in [0.2, 0.25) is 0 Å². The third kappa shape index (κ3) is 2.70. The van der Waals surface area contributed by atoms with Gasteiger partial charge in [0.15, 0.2) is 0 Å². The van der Waals surface area contributed by atoms with Crippen molar-refractivity contribution in [2.24, 2.45) is 0 Å². The molecule has 15 heavy (non-hydrogen) atoms. The van der Waals surface area contributed by atoms with E-state index >= 15 is 0 Å². The molecule has 0 amide bonds. The van der Waals surface area contributed by atoms with E-state index in [9.17, 15) is 5.11 Å². The predicted octanol–water partition coefficient (Wildman–Crippen LogP) is 1.40. The Morgan fingerprint density at radius 3 is 2.40 bits per heavy atom. The molecule has 1 aliphatic rings. The van der Waals surface area contributed by atoms with Crippen LogP contribution in [0.4, 0.5) is 5.69 Å². The Morgan fingerprint density at radius 2 is 1.80 bits per heavy atom. The van der Waals surface area contributed by atoms with Crippen molar-refractivity contribution in [1.29, 1.82) is 0 Å². The van der Waals surface area contributed by atoms with E-state index in [0.717, 1.165) is 30.9 Å². The van der Waals surface area contributed by atoms with Crippen LogP contribution in [0.25, 0.3) is 0 Å². The topological polar surface area (TPSA) is 49.5 Å². The van der Waals surface area contributed by atoms with Gasteiger partial charge in [0, 0.05) is 12.2 Å². The molecule has 0 radical (unpaired) electrons. The molecular weight excluding hydrogens is 188 g/mol. The Kier molecular flexibility index (Phi) is 3.23. The molecule has 0 bridgehead atoms. The van der Waals surface area contributed by atoms with Crippen molar-refractivity contribution in [3.05, 3.63) is 29.8 Å². The van der Waals surface area contributed by atoms with Gasteiger partial charge in [-0.25, -0.2) is 0 Å². The number of aliphatic hydroxyl groups is 1. The van der Waals surface area contributed by atoms with Crippen LogP contribution in [0, 0.1) is 0 Å². The van der Waals surface area contributed by atoms with E-state index in [1.807, 2.05) is 24.3 Å². The number of hydrogen-bond acceptors (Lipinski definition) is 3. The van der Waals surface area contributed by atoms with Gasteiger partial charge in [-0.15, -0.1) is 0 Å². The molecule has 2 rings (SSSR count). The first kappa shape index (κ1) is 10.5. The highest BCUT2D eigenvalue weighted by Crippen LogP contribution is 2.18. The lowest BCUT2D eigenvalue weighted by molar-refractivity contribution is 0.126. The second-order valence-electron chi connectivity index (χ2n) is 4.19. The molecule has 1 fully saturated rings. The quantitative estimate of drug-likeness (QED) is 0.735. The fraction of sp³-hybridized carbons (Fsp3) is 0.500. The average Bonchev–Trinajstić information content (AvgIpc) is 2.71. The van der Waals surface area contributed by atoms with E-state index in [2.05, 4.69) is 4.90 Å². The largest absolute Gasteiger partial charge is 0.399 e. The summed E-state index contributed by atoms with van der Waals surface area (Å²) < 4.78 is 0. The number of anilines is 1. The molecule has 1 aromatic rings. The first-order valence-corrected chi connectivity index (χ1v) is 5.51. The van der Waals surface area contributed by atoms with Gasteiger partial charge in [-0.1, -0.05) is 12.1 Å². The van der Waals surface area contributed by atoms with Gasteiger partial charge in [0.25, 0.3) is 0 Å². The maximum absolute atomic E-state index is 9.99. The fourth-order valence-corrected chi connectivity index (χ4v) is 2.03. The van der Waals surface area contributed by atoms with Gasteiger partial charge in [-0.05, 0) is 43.6 Å². The van der Waals surface area contributed by atoms with E-state index in [-0.39, 0.29) is 6.10 Å². The summed E-state index contributed by atoms with van der Waals surface area (Å²) in [6.45, 7) is 2.97. The van der Waals surface area contributed by atoms with Crippen molar-refractivity contribution in [1.82, 2.24) is 4.90 Å². The summed E-state index contributed by atoms with van der Waals surface area (Å²) in [5.41, 5.74) is 7.30. The first-order valence-electron chi connectivity index (χ1n) is 5.51. The number of nitrogens with zero attached hydrogens (tertiary/aromatic N) is 1. The number of likely N-dealkylation sites (tertiary alicyclic amines) is 1. The summed E-state index contributed by atoms with van der Waals surface area (Å²) in [5.74, 6) is 0. The lowest BCUT2D eigenvalue weighted by Crippen LogP contribution is -2.25. The molecule has 0 aromatic heterocycles. The fourth-order valence-electron chi connectivity index (χ4n) is 2.03. The van der Waals surface area contributed by atoms with Crippen LogP contribution in [0.5, 0.6) is 0 Å². The number of rotatable bonds is 3. The van der Waals surface area contributed by atoms with Crippen molar-refractivity contribution >= 4 is 5.69 Å². The van der Waals surface area contributed by atoms with Crippen LogP contribution >= 0.6 is 0 Å². The lowest BCUT2D eigenvalue weighted by Gasteiger charge is -2.19. The average molecular weight is 206 g/mol. The third-order valence-electron chi connectivity index (χ3n) is 2.95. The monoisotopic (exact) mass is 206 g/mol. The number of nitrogens with two attached hydrogens (primary N) is 1. The molecule has 3 nitrogen and oxygen atoms in total. The minimum atomic E-state index is -0.385. The van der Waals surface area contributed by atoms with E-state index in [4.69, 9.17) is 5.73 Å². The highest BCUT2D eigenvalue weighted by molar-refractivity contribution is 5.39. The predicted molar refractivity (Wildman–Crippen MR) is 61.5 cm³/mol. The van der Waals surface area contributed by atoms with E-state index in [1.165, 1.54) is 12.8 Å². The van der Waals surface area contributed by atoms with Crippen LogP contribution in [-0.2, 0) is 0 Å². The summed E-state index contributed by atoms with van der Waals surface area (Å²) in [7, 11) is 0. The van der Waals surface area contributed by atoms with Crippen LogP contribution in [0.1, 0.15) is 24.5 Å². The standard InChI is InChI=1S/C12H18N2O/c13-11-5-3-10(4-6-11)12(15)9-14-7-1-2-8-14/h3-6,12,15H,1-2,7-9,13H2/t12-/m0/s1. The number of aliphatic hydroxyl groups excluding tert-OH is 1. The number of hydrogen-bond donors (Lipinski definition) is 2. The molecule has 82 valence electrons. The molecule has 1 aliphatic heterocycles. The molecule has 1 heterocycles. The molecule has 0 aliphatic carbocycles. The zero-order chi connectivity index (χ0) is 10.7. The Bertz CT molecular complexity index is 304. The van der Waals surface area contributed by atoms with E-state index in [0.29, 0.717) is 0 Å². The van der Waals surface area contributed by atoms with Gasteiger partial charge < -0.3 is 15.7 Å². The molecule has 0 unspecified atom stereocenters. The van der Waals surface area contributed by atoms with Crippen molar-refractivity contribution in [3.63, 3.8) is 0 Å². The van der Waals surface area contributed by atoms with Gasteiger partial charge >= 0.3 is 0 Å². The van der Waals surface area contributed by atoms with Crippen LogP contribution in [-0.4, -0.2) is 29.6 Å². The summed E-state index contributed by atoms with van der Waals surface area (Å²) >= 11 is 0. The molecular formula is C12H18N2O. The van der Waals surface area contributed by atoms with E-state index in [1.54, 1.807) is 0 Å². The number of β-amino-alcohol motifs (C(OH)–C–C–N with tert-alkyl or cyclic N) is 1.